The molecule has 48 heavy (non-hydrogen) atoms. The Morgan fingerprint density at radius 2 is 1.69 bits per heavy atom. The van der Waals surface area contributed by atoms with Crippen LogP contribution in [0.2, 0.25) is 0 Å². The van der Waals surface area contributed by atoms with Crippen LogP contribution in [0, 0.1) is 17.2 Å². The molecule has 3 aromatic carbocycles. The quantitative estimate of drug-likeness (QED) is 0.245. The maximum Gasteiger partial charge on any atom is 0.416 e. The Bertz CT molecular complexity index is 1830. The van der Waals surface area contributed by atoms with Crippen molar-refractivity contribution in [2.75, 3.05) is 23.9 Å². The molecule has 3 aliphatic rings. The third-order valence-electron chi connectivity index (χ3n) is 8.65. The summed E-state index contributed by atoms with van der Waals surface area (Å²) in [7, 11) is -4.61. The topological polar surface area (TPSA) is 85.4 Å². The van der Waals surface area contributed by atoms with Crippen molar-refractivity contribution in [2.24, 2.45) is 11.3 Å². The van der Waals surface area contributed by atoms with Gasteiger partial charge in [-0.2, -0.15) is 22.0 Å². The molecule has 0 aromatic heterocycles. The number of benzene rings is 3. The Morgan fingerprint density at radius 1 is 0.979 bits per heavy atom. The van der Waals surface area contributed by atoms with E-state index < -0.39 is 62.6 Å². The minimum absolute atomic E-state index is 0.0180. The number of alkyl halides is 5. The van der Waals surface area contributed by atoms with E-state index in [1.165, 1.54) is 18.2 Å². The van der Waals surface area contributed by atoms with Gasteiger partial charge in [0.05, 0.1) is 22.7 Å². The zero-order chi connectivity index (χ0) is 34.8. The van der Waals surface area contributed by atoms with Gasteiger partial charge in [-0.25, -0.2) is 17.6 Å². The van der Waals surface area contributed by atoms with Crippen LogP contribution in [0.15, 0.2) is 65.6 Å². The number of likely N-dealkylation sites (tertiary alicyclic amines) is 1. The molecular weight excluding hydrogens is 666 g/mol. The maximum absolute atomic E-state index is 14.4. The second-order valence-corrected chi connectivity index (χ2v) is 15.3. The SMILES string of the molecule is CC(C)(C)OC(=O)N1CC2(CC(C3CN(S(=O)(=O)c4cccc(C(F)(F)F)c4)c4cc(-c5cc(F)cc(OC(F)F)c5)ccc4O3)C2)C1. The van der Waals surface area contributed by atoms with Crippen LogP contribution in [0.25, 0.3) is 11.1 Å². The van der Waals surface area contributed by atoms with Crippen molar-refractivity contribution in [3.8, 4) is 22.6 Å². The largest absolute Gasteiger partial charge is 0.486 e. The lowest BCUT2D eigenvalue weighted by molar-refractivity contribution is -0.137. The Balaban J connectivity index is 1.31. The predicted molar refractivity (Wildman–Crippen MR) is 162 cm³/mol. The van der Waals surface area contributed by atoms with Crippen LogP contribution in [0.4, 0.5) is 36.8 Å². The van der Waals surface area contributed by atoms with E-state index in [1.54, 1.807) is 25.7 Å². The lowest BCUT2D eigenvalue weighted by Crippen LogP contribution is -2.66. The second kappa shape index (κ2) is 11.8. The molecule has 6 rings (SSSR count). The molecule has 8 nitrogen and oxygen atoms in total. The van der Waals surface area contributed by atoms with E-state index in [0.717, 1.165) is 40.7 Å². The van der Waals surface area contributed by atoms with Gasteiger partial charge >= 0.3 is 18.9 Å². The van der Waals surface area contributed by atoms with Crippen LogP contribution >= 0.6 is 0 Å². The molecule has 1 saturated heterocycles. The van der Waals surface area contributed by atoms with Crippen LogP contribution in [0.3, 0.4) is 0 Å². The zero-order valence-electron chi connectivity index (χ0n) is 26.1. The van der Waals surface area contributed by atoms with Gasteiger partial charge in [0.2, 0.25) is 0 Å². The summed E-state index contributed by atoms with van der Waals surface area (Å²) in [6.45, 7) is 2.82. The van der Waals surface area contributed by atoms with Gasteiger partial charge < -0.3 is 19.1 Å². The number of anilines is 1. The minimum Gasteiger partial charge on any atom is -0.486 e. The summed E-state index contributed by atoms with van der Waals surface area (Å²) in [5, 5.41) is 0. The summed E-state index contributed by atoms with van der Waals surface area (Å²) in [4.78, 5) is 13.5. The van der Waals surface area contributed by atoms with Crippen molar-refractivity contribution in [1.29, 1.82) is 0 Å². The number of carbonyl (C=O) groups excluding carboxylic acids is 1. The van der Waals surface area contributed by atoms with Gasteiger partial charge in [0.25, 0.3) is 10.0 Å². The average molecular weight is 699 g/mol. The van der Waals surface area contributed by atoms with Crippen molar-refractivity contribution in [3.05, 3.63) is 72.0 Å². The van der Waals surface area contributed by atoms with Gasteiger partial charge in [-0.15, -0.1) is 0 Å². The van der Waals surface area contributed by atoms with Crippen LogP contribution < -0.4 is 13.8 Å². The fourth-order valence-corrected chi connectivity index (χ4v) is 8.11. The molecule has 0 radical (unpaired) electrons. The lowest BCUT2D eigenvalue weighted by atomic mass is 9.56. The summed E-state index contributed by atoms with van der Waals surface area (Å²) in [6.07, 6.45) is -4.64. The third-order valence-corrected chi connectivity index (χ3v) is 10.4. The van der Waals surface area contributed by atoms with Crippen LogP contribution in [0.5, 0.6) is 11.5 Å². The highest BCUT2D eigenvalue weighted by Crippen LogP contribution is 2.55. The molecule has 1 unspecified atom stereocenters. The van der Waals surface area contributed by atoms with E-state index in [0.29, 0.717) is 32.0 Å². The average Bonchev–Trinajstić information content (AvgIpc) is 2.93. The molecule has 3 aromatic rings. The highest BCUT2D eigenvalue weighted by molar-refractivity contribution is 7.92. The normalized spacial score (nSPS) is 19.3. The smallest absolute Gasteiger partial charge is 0.416 e. The molecule has 2 aliphatic heterocycles. The summed E-state index contributed by atoms with van der Waals surface area (Å²) in [6, 6.07) is 10.7. The fourth-order valence-electron chi connectivity index (χ4n) is 6.58. The number of nitrogens with zero attached hydrogens (tertiary/aromatic N) is 2. The number of rotatable bonds is 6. The van der Waals surface area contributed by atoms with Gasteiger partial charge in [-0.1, -0.05) is 12.1 Å². The maximum atomic E-state index is 14.4. The minimum atomic E-state index is -4.80. The number of ether oxygens (including phenoxy) is 3. The molecule has 258 valence electrons. The molecule has 1 amide bonds. The molecule has 1 spiro atoms. The van der Waals surface area contributed by atoms with Crippen molar-refractivity contribution in [3.63, 3.8) is 0 Å². The van der Waals surface area contributed by atoms with Crippen molar-refractivity contribution < 1.29 is 53.8 Å². The Hall–Kier alpha value is -4.14. The fraction of sp³-hybridized carbons (Fsp3) is 0.424. The molecule has 1 saturated carbocycles. The van der Waals surface area contributed by atoms with E-state index >= 15 is 0 Å². The molecule has 1 atom stereocenters. The predicted octanol–water partition coefficient (Wildman–Crippen LogP) is 7.72. The Labute approximate surface area is 273 Å². The standard InChI is InChI=1S/C33H32F6N2O6S/c1-31(2,3)47-30(42)40-17-32(18-40)14-21(15-32)28-16-41(48(43,44)25-6-4-5-22(12-25)33(37,38)39)26-11-19(7-8-27(26)46-28)20-9-23(34)13-24(10-20)45-29(35)36/h4-13,21,28-29H,14-18H2,1-3H3. The van der Waals surface area contributed by atoms with Crippen LogP contribution in [0.1, 0.15) is 39.2 Å². The van der Waals surface area contributed by atoms with E-state index in [9.17, 15) is 39.6 Å². The molecule has 2 fully saturated rings. The van der Waals surface area contributed by atoms with Crippen molar-refractivity contribution in [2.45, 2.75) is 63.0 Å². The second-order valence-electron chi connectivity index (χ2n) is 13.5. The molecule has 0 bridgehead atoms. The number of hydrogen-bond donors (Lipinski definition) is 0. The van der Waals surface area contributed by atoms with Gasteiger partial charge in [-0.05, 0) is 93.1 Å². The van der Waals surface area contributed by atoms with Gasteiger partial charge in [0.1, 0.15) is 29.0 Å². The molecule has 2 heterocycles. The molecule has 1 aliphatic carbocycles. The first-order valence-corrected chi connectivity index (χ1v) is 16.5. The van der Waals surface area contributed by atoms with Gasteiger partial charge in [-0.3, -0.25) is 4.31 Å². The molecule has 0 N–H and O–H groups in total. The van der Waals surface area contributed by atoms with Crippen LogP contribution in [-0.4, -0.2) is 57.4 Å². The molecular formula is C33H32F6N2O6S. The van der Waals surface area contributed by atoms with E-state index in [1.807, 2.05) is 0 Å². The number of amides is 1. The zero-order valence-corrected chi connectivity index (χ0v) is 26.9. The first-order valence-electron chi connectivity index (χ1n) is 15.1. The number of sulfonamides is 1. The van der Waals surface area contributed by atoms with Gasteiger partial charge in [0.15, 0.2) is 0 Å². The number of hydrogen-bond acceptors (Lipinski definition) is 6. The summed E-state index contributed by atoms with van der Waals surface area (Å²) in [5.41, 5.74) is -1.67. The number of fused-ring (bicyclic) bond motifs is 1. The van der Waals surface area contributed by atoms with E-state index in [4.69, 9.17) is 9.47 Å². The first kappa shape index (κ1) is 33.7. The Morgan fingerprint density at radius 3 is 2.33 bits per heavy atom. The highest BCUT2D eigenvalue weighted by Gasteiger charge is 2.57. The summed E-state index contributed by atoms with van der Waals surface area (Å²) < 4.78 is 126. The van der Waals surface area contributed by atoms with Crippen molar-refractivity contribution in [1.82, 2.24) is 4.90 Å². The van der Waals surface area contributed by atoms with Crippen LogP contribution in [-0.2, 0) is 20.9 Å². The highest BCUT2D eigenvalue weighted by atomic mass is 32.2. The third kappa shape index (κ3) is 6.74. The monoisotopic (exact) mass is 698 g/mol. The van der Waals surface area contributed by atoms with E-state index in [2.05, 4.69) is 4.74 Å². The number of carbonyl (C=O) groups is 1. The summed E-state index contributed by atoms with van der Waals surface area (Å²) >= 11 is 0. The summed E-state index contributed by atoms with van der Waals surface area (Å²) in [5.74, 6) is -1.35. The lowest BCUT2D eigenvalue weighted by Gasteiger charge is -2.60. The van der Waals surface area contributed by atoms with Crippen molar-refractivity contribution >= 4 is 21.8 Å². The molecule has 15 heteroatoms. The Kier molecular flexibility index (Phi) is 8.28. The number of halogens is 6. The van der Waals surface area contributed by atoms with E-state index in [-0.39, 0.29) is 40.4 Å². The first-order chi connectivity index (χ1) is 22.3. The van der Waals surface area contributed by atoms with Gasteiger partial charge in [0, 0.05) is 24.6 Å².